The summed E-state index contributed by atoms with van der Waals surface area (Å²) in [4.78, 5) is 2.49. The summed E-state index contributed by atoms with van der Waals surface area (Å²) in [7, 11) is 0. The predicted molar refractivity (Wildman–Crippen MR) is 212 cm³/mol. The van der Waals surface area contributed by atoms with E-state index in [-0.39, 0.29) is 5.41 Å². The van der Waals surface area contributed by atoms with Gasteiger partial charge in [0.05, 0.1) is 10.4 Å². The molecule has 10 rings (SSSR count). The fraction of sp³-hybridized carbons (Fsp3) is 0.0638. The van der Waals surface area contributed by atoms with Crippen molar-refractivity contribution in [2.75, 3.05) is 4.90 Å². The zero-order valence-corrected chi connectivity index (χ0v) is 28.3. The molecule has 0 amide bonds. The summed E-state index contributed by atoms with van der Waals surface area (Å²) >= 11 is 1.90. The van der Waals surface area contributed by atoms with Crippen LogP contribution in [0.25, 0.3) is 64.0 Å². The van der Waals surface area contributed by atoms with Gasteiger partial charge in [-0.1, -0.05) is 129 Å². The molecule has 232 valence electrons. The average molecular weight is 644 g/mol. The standard InChI is InChI=1S/C47H33NS/c1-47(2)42-19-8-7-17-38(42)39-24-23-37(29-43(39)47)48(36-16-9-15-32(26-36)35-22-21-30-11-3-4-12-31(30)25-35)44-20-10-18-40-41-27-33-13-5-6-14-34(33)28-45(41)49-46(40)44/h3-29H,1-2H3. The predicted octanol–water partition coefficient (Wildman–Crippen LogP) is 13.8. The van der Waals surface area contributed by atoms with Crippen LogP contribution >= 0.6 is 11.3 Å². The third-order valence-corrected chi connectivity index (χ3v) is 11.8. The van der Waals surface area contributed by atoms with Gasteiger partial charge in [-0.05, 0) is 103 Å². The van der Waals surface area contributed by atoms with Crippen LogP contribution in [0.2, 0.25) is 0 Å². The van der Waals surface area contributed by atoms with Crippen LogP contribution in [0.1, 0.15) is 25.0 Å². The summed E-state index contributed by atoms with van der Waals surface area (Å²) in [6.45, 7) is 4.73. The maximum atomic E-state index is 2.49. The van der Waals surface area contributed by atoms with Crippen molar-refractivity contribution in [3.63, 3.8) is 0 Å². The van der Waals surface area contributed by atoms with Gasteiger partial charge in [0.1, 0.15) is 0 Å². The second kappa shape index (κ2) is 10.7. The summed E-state index contributed by atoms with van der Waals surface area (Å²) < 4.78 is 2.61. The highest BCUT2D eigenvalue weighted by atomic mass is 32.1. The number of rotatable bonds is 4. The third-order valence-electron chi connectivity index (χ3n) is 10.6. The molecular formula is C47H33NS. The number of benzene rings is 8. The Kier molecular flexibility index (Phi) is 6.16. The number of fused-ring (bicyclic) bond motifs is 8. The van der Waals surface area contributed by atoms with E-state index in [2.05, 4.69) is 183 Å². The fourth-order valence-electron chi connectivity index (χ4n) is 8.10. The molecule has 0 atom stereocenters. The van der Waals surface area contributed by atoms with Gasteiger partial charge in [-0.3, -0.25) is 0 Å². The number of anilines is 3. The molecular weight excluding hydrogens is 611 g/mol. The average Bonchev–Trinajstić information content (AvgIpc) is 3.62. The van der Waals surface area contributed by atoms with E-state index in [1.165, 1.54) is 86.5 Å². The maximum absolute atomic E-state index is 2.49. The highest BCUT2D eigenvalue weighted by molar-refractivity contribution is 7.26. The molecule has 0 N–H and O–H groups in total. The summed E-state index contributed by atoms with van der Waals surface area (Å²) in [5.74, 6) is 0. The molecule has 1 aliphatic rings. The van der Waals surface area contributed by atoms with E-state index in [1.54, 1.807) is 0 Å². The van der Waals surface area contributed by atoms with Crippen molar-refractivity contribution >= 4 is 70.1 Å². The van der Waals surface area contributed by atoms with Crippen molar-refractivity contribution in [3.8, 4) is 22.3 Å². The van der Waals surface area contributed by atoms with Gasteiger partial charge in [-0.2, -0.15) is 0 Å². The zero-order valence-electron chi connectivity index (χ0n) is 27.4. The highest BCUT2D eigenvalue weighted by Gasteiger charge is 2.36. The third kappa shape index (κ3) is 4.38. The molecule has 1 aliphatic carbocycles. The van der Waals surface area contributed by atoms with E-state index in [0.717, 1.165) is 5.69 Å². The van der Waals surface area contributed by atoms with Crippen LogP contribution in [-0.4, -0.2) is 0 Å². The van der Waals surface area contributed by atoms with Crippen molar-refractivity contribution in [1.29, 1.82) is 0 Å². The Morgan fingerprint density at radius 1 is 0.449 bits per heavy atom. The van der Waals surface area contributed by atoms with Gasteiger partial charge < -0.3 is 4.90 Å². The molecule has 1 nitrogen and oxygen atoms in total. The lowest BCUT2D eigenvalue weighted by atomic mass is 9.82. The minimum atomic E-state index is -0.0930. The number of nitrogens with zero attached hydrogens (tertiary/aromatic N) is 1. The summed E-state index contributed by atoms with van der Waals surface area (Å²) in [6.07, 6.45) is 0. The molecule has 2 heteroatoms. The lowest BCUT2D eigenvalue weighted by Crippen LogP contribution is -2.16. The van der Waals surface area contributed by atoms with E-state index >= 15 is 0 Å². The first-order valence-electron chi connectivity index (χ1n) is 17.0. The van der Waals surface area contributed by atoms with E-state index in [0.29, 0.717) is 0 Å². The van der Waals surface area contributed by atoms with Gasteiger partial charge in [0.15, 0.2) is 0 Å². The Bertz CT molecular complexity index is 2770. The first kappa shape index (κ1) is 28.3. The van der Waals surface area contributed by atoms with Gasteiger partial charge in [0.2, 0.25) is 0 Å². The van der Waals surface area contributed by atoms with Gasteiger partial charge >= 0.3 is 0 Å². The molecule has 0 aliphatic heterocycles. The normalized spacial score (nSPS) is 13.3. The molecule has 0 unspecified atom stereocenters. The van der Waals surface area contributed by atoms with Crippen LogP contribution < -0.4 is 4.90 Å². The van der Waals surface area contributed by atoms with Crippen molar-refractivity contribution < 1.29 is 0 Å². The van der Waals surface area contributed by atoms with Gasteiger partial charge in [-0.25, -0.2) is 0 Å². The smallest absolute Gasteiger partial charge is 0.0640 e. The van der Waals surface area contributed by atoms with Crippen LogP contribution in [0, 0.1) is 0 Å². The Labute approximate surface area is 290 Å². The van der Waals surface area contributed by atoms with Crippen molar-refractivity contribution in [2.45, 2.75) is 19.3 Å². The molecule has 9 aromatic rings. The summed E-state index contributed by atoms with van der Waals surface area (Å²) in [5.41, 5.74) is 11.3. The van der Waals surface area contributed by atoms with E-state index in [4.69, 9.17) is 0 Å². The van der Waals surface area contributed by atoms with Crippen LogP contribution in [0.15, 0.2) is 164 Å². The molecule has 49 heavy (non-hydrogen) atoms. The van der Waals surface area contributed by atoms with E-state index < -0.39 is 0 Å². The molecule has 0 saturated carbocycles. The second-order valence-corrected chi connectivity index (χ2v) is 14.9. The molecule has 8 aromatic carbocycles. The first-order chi connectivity index (χ1) is 24.0. The Morgan fingerprint density at radius 2 is 1.12 bits per heavy atom. The molecule has 0 spiro atoms. The molecule has 0 saturated heterocycles. The molecule has 1 heterocycles. The Hall–Kier alpha value is -5.70. The number of hydrogen-bond acceptors (Lipinski definition) is 2. The quantitative estimate of drug-likeness (QED) is 0.184. The SMILES string of the molecule is CC1(C)c2ccccc2-c2ccc(N(c3cccc(-c4ccc5ccccc5c4)c3)c3cccc4c3sc3cc5ccccc5cc34)cc21. The summed E-state index contributed by atoms with van der Waals surface area (Å²) in [6, 6.07) is 60.7. The Morgan fingerprint density at radius 3 is 1.98 bits per heavy atom. The second-order valence-electron chi connectivity index (χ2n) is 13.8. The topological polar surface area (TPSA) is 3.24 Å². The molecule has 0 fully saturated rings. The molecule has 1 aromatic heterocycles. The van der Waals surface area contributed by atoms with Crippen molar-refractivity contribution in [3.05, 3.63) is 175 Å². The van der Waals surface area contributed by atoms with Crippen molar-refractivity contribution in [2.24, 2.45) is 0 Å². The van der Waals surface area contributed by atoms with E-state index in [1.807, 2.05) is 11.3 Å². The maximum Gasteiger partial charge on any atom is 0.0640 e. The Balaban J connectivity index is 1.21. The van der Waals surface area contributed by atoms with Gasteiger partial charge in [0, 0.05) is 32.3 Å². The largest absolute Gasteiger partial charge is 0.309 e. The zero-order chi connectivity index (χ0) is 32.7. The molecule has 0 bridgehead atoms. The minimum Gasteiger partial charge on any atom is -0.309 e. The van der Waals surface area contributed by atoms with Gasteiger partial charge in [0.25, 0.3) is 0 Å². The van der Waals surface area contributed by atoms with Crippen LogP contribution in [0.4, 0.5) is 17.1 Å². The first-order valence-corrected chi connectivity index (χ1v) is 17.8. The fourth-order valence-corrected chi connectivity index (χ4v) is 9.33. The lowest BCUT2D eigenvalue weighted by molar-refractivity contribution is 0.660. The summed E-state index contributed by atoms with van der Waals surface area (Å²) in [5, 5.41) is 7.69. The minimum absolute atomic E-state index is 0.0930. The monoisotopic (exact) mass is 643 g/mol. The number of hydrogen-bond donors (Lipinski definition) is 0. The lowest BCUT2D eigenvalue weighted by Gasteiger charge is -2.29. The van der Waals surface area contributed by atoms with Crippen molar-refractivity contribution in [1.82, 2.24) is 0 Å². The highest BCUT2D eigenvalue weighted by Crippen LogP contribution is 2.52. The van der Waals surface area contributed by atoms with E-state index in [9.17, 15) is 0 Å². The van der Waals surface area contributed by atoms with Crippen LogP contribution in [0.3, 0.4) is 0 Å². The molecule has 0 radical (unpaired) electrons. The van der Waals surface area contributed by atoms with Crippen LogP contribution in [-0.2, 0) is 5.41 Å². The van der Waals surface area contributed by atoms with Crippen LogP contribution in [0.5, 0.6) is 0 Å². The number of thiophene rings is 1. The van der Waals surface area contributed by atoms with Gasteiger partial charge in [-0.15, -0.1) is 11.3 Å².